The Hall–Kier alpha value is -1.88. The summed E-state index contributed by atoms with van der Waals surface area (Å²) in [7, 11) is 1.59. The minimum Gasteiger partial charge on any atom is -0.497 e. The van der Waals surface area contributed by atoms with Crippen LogP contribution in [0.4, 0.5) is 0 Å². The number of aliphatic hydroxyl groups excluding tert-OH is 1. The van der Waals surface area contributed by atoms with E-state index in [-0.39, 0.29) is 18.2 Å². The van der Waals surface area contributed by atoms with E-state index in [0.717, 1.165) is 17.0 Å². The standard InChI is InChI=1S/C13H16N2O3/c1-8-11(7-12(16)15-14-8)13(17)9-3-5-10(18-2)6-4-9/h3-6,11,13,17H,7H2,1-2H3,(H,15,16). The Morgan fingerprint density at radius 2 is 2.11 bits per heavy atom. The van der Waals surface area contributed by atoms with E-state index in [4.69, 9.17) is 4.74 Å². The molecule has 18 heavy (non-hydrogen) atoms. The van der Waals surface area contributed by atoms with Gasteiger partial charge in [0.05, 0.1) is 13.2 Å². The third-order valence-electron chi connectivity index (χ3n) is 3.14. The molecule has 1 aliphatic heterocycles. The zero-order chi connectivity index (χ0) is 13.1. The Kier molecular flexibility index (Phi) is 3.62. The number of hydrogen-bond acceptors (Lipinski definition) is 4. The van der Waals surface area contributed by atoms with E-state index in [0.29, 0.717) is 0 Å². The second-order valence-electron chi connectivity index (χ2n) is 4.32. The highest BCUT2D eigenvalue weighted by Crippen LogP contribution is 2.28. The number of nitrogens with zero attached hydrogens (tertiary/aromatic N) is 1. The molecule has 2 N–H and O–H groups in total. The summed E-state index contributed by atoms with van der Waals surface area (Å²) in [6.45, 7) is 1.80. The number of ether oxygens (including phenoxy) is 1. The predicted octanol–water partition coefficient (Wildman–Crippen LogP) is 1.24. The first kappa shape index (κ1) is 12.6. The number of methoxy groups -OCH3 is 1. The van der Waals surface area contributed by atoms with Crippen LogP contribution in [-0.2, 0) is 4.79 Å². The molecule has 0 bridgehead atoms. The minimum atomic E-state index is -0.731. The molecule has 2 unspecified atom stereocenters. The van der Waals surface area contributed by atoms with Crippen molar-refractivity contribution in [2.45, 2.75) is 19.4 Å². The van der Waals surface area contributed by atoms with Gasteiger partial charge in [-0.1, -0.05) is 12.1 Å². The normalized spacial score (nSPS) is 20.9. The molecule has 1 amide bonds. The average molecular weight is 248 g/mol. The van der Waals surface area contributed by atoms with E-state index < -0.39 is 6.10 Å². The van der Waals surface area contributed by atoms with E-state index in [1.54, 1.807) is 38.3 Å². The quantitative estimate of drug-likeness (QED) is 0.845. The Balaban J connectivity index is 2.19. The van der Waals surface area contributed by atoms with Crippen molar-refractivity contribution in [2.24, 2.45) is 11.0 Å². The number of carbonyl (C=O) groups excluding carboxylic acids is 1. The maximum atomic E-state index is 11.3. The Morgan fingerprint density at radius 3 is 2.72 bits per heavy atom. The van der Waals surface area contributed by atoms with Crippen molar-refractivity contribution < 1.29 is 14.6 Å². The molecule has 0 saturated carbocycles. The fraction of sp³-hybridized carbons (Fsp3) is 0.385. The molecule has 1 aliphatic rings. The molecule has 5 heteroatoms. The van der Waals surface area contributed by atoms with Crippen LogP contribution in [0, 0.1) is 5.92 Å². The number of aliphatic hydroxyl groups is 1. The zero-order valence-corrected chi connectivity index (χ0v) is 10.4. The van der Waals surface area contributed by atoms with Crippen LogP contribution in [0.1, 0.15) is 25.0 Å². The van der Waals surface area contributed by atoms with E-state index in [1.807, 2.05) is 0 Å². The molecule has 0 fully saturated rings. The van der Waals surface area contributed by atoms with Crippen molar-refractivity contribution in [2.75, 3.05) is 7.11 Å². The Morgan fingerprint density at radius 1 is 1.44 bits per heavy atom. The SMILES string of the molecule is COc1ccc(C(O)C2CC(=O)NN=C2C)cc1. The van der Waals surface area contributed by atoms with Crippen molar-refractivity contribution in [3.05, 3.63) is 29.8 Å². The maximum Gasteiger partial charge on any atom is 0.240 e. The molecular weight excluding hydrogens is 232 g/mol. The monoisotopic (exact) mass is 248 g/mol. The van der Waals surface area contributed by atoms with Crippen LogP contribution < -0.4 is 10.2 Å². The van der Waals surface area contributed by atoms with Gasteiger partial charge in [-0.05, 0) is 24.6 Å². The molecule has 1 aromatic carbocycles. The van der Waals surface area contributed by atoms with Crippen molar-refractivity contribution in [1.29, 1.82) is 0 Å². The number of nitrogens with one attached hydrogen (secondary N) is 1. The molecule has 0 radical (unpaired) electrons. The lowest BCUT2D eigenvalue weighted by Gasteiger charge is -2.25. The summed E-state index contributed by atoms with van der Waals surface area (Å²) in [5.74, 6) is 0.294. The number of hydrazone groups is 1. The molecule has 1 aromatic rings. The predicted molar refractivity (Wildman–Crippen MR) is 67.3 cm³/mol. The average Bonchev–Trinajstić information content (AvgIpc) is 2.41. The van der Waals surface area contributed by atoms with Gasteiger partial charge in [-0.15, -0.1) is 0 Å². The smallest absolute Gasteiger partial charge is 0.240 e. The molecular formula is C13H16N2O3. The van der Waals surface area contributed by atoms with Gasteiger partial charge < -0.3 is 9.84 Å². The summed E-state index contributed by atoms with van der Waals surface area (Å²) in [6, 6.07) is 7.16. The van der Waals surface area contributed by atoms with E-state index in [9.17, 15) is 9.90 Å². The minimum absolute atomic E-state index is 0.168. The van der Waals surface area contributed by atoms with Crippen molar-refractivity contribution in [3.8, 4) is 5.75 Å². The number of rotatable bonds is 3. The van der Waals surface area contributed by atoms with Gasteiger partial charge in [0.15, 0.2) is 0 Å². The Bertz CT molecular complexity index is 468. The highest BCUT2D eigenvalue weighted by Gasteiger charge is 2.29. The fourth-order valence-electron chi connectivity index (χ4n) is 2.00. The summed E-state index contributed by atoms with van der Waals surface area (Å²) in [6.07, 6.45) is -0.478. The molecule has 96 valence electrons. The van der Waals surface area contributed by atoms with Crippen molar-refractivity contribution in [1.82, 2.24) is 5.43 Å². The first-order chi connectivity index (χ1) is 8.61. The van der Waals surface area contributed by atoms with Gasteiger partial charge in [-0.3, -0.25) is 4.79 Å². The van der Waals surface area contributed by atoms with Crippen molar-refractivity contribution in [3.63, 3.8) is 0 Å². The third-order valence-corrected chi connectivity index (χ3v) is 3.14. The number of carbonyl (C=O) groups is 1. The molecule has 2 rings (SSSR count). The lowest BCUT2D eigenvalue weighted by atomic mass is 9.88. The molecule has 2 atom stereocenters. The van der Waals surface area contributed by atoms with Gasteiger partial charge in [0.2, 0.25) is 5.91 Å². The topological polar surface area (TPSA) is 70.9 Å². The summed E-state index contributed by atoms with van der Waals surface area (Å²) < 4.78 is 5.06. The van der Waals surface area contributed by atoms with Crippen LogP contribution in [0.3, 0.4) is 0 Å². The molecule has 0 aromatic heterocycles. The molecule has 0 saturated heterocycles. The third kappa shape index (κ3) is 2.51. The first-order valence-electron chi connectivity index (χ1n) is 5.77. The highest BCUT2D eigenvalue weighted by atomic mass is 16.5. The largest absolute Gasteiger partial charge is 0.497 e. The number of hydrogen-bond donors (Lipinski definition) is 2. The number of amides is 1. The second-order valence-corrected chi connectivity index (χ2v) is 4.32. The van der Waals surface area contributed by atoms with Gasteiger partial charge in [0.25, 0.3) is 0 Å². The van der Waals surface area contributed by atoms with Crippen LogP contribution in [0.5, 0.6) is 5.75 Å². The fourth-order valence-corrected chi connectivity index (χ4v) is 2.00. The van der Waals surface area contributed by atoms with Crippen LogP contribution >= 0.6 is 0 Å². The number of benzene rings is 1. The first-order valence-corrected chi connectivity index (χ1v) is 5.77. The van der Waals surface area contributed by atoms with Crippen LogP contribution in [0.15, 0.2) is 29.4 Å². The van der Waals surface area contributed by atoms with Gasteiger partial charge in [0, 0.05) is 18.1 Å². The highest BCUT2D eigenvalue weighted by molar-refractivity contribution is 5.93. The van der Waals surface area contributed by atoms with Crippen LogP contribution in [0.2, 0.25) is 0 Å². The van der Waals surface area contributed by atoms with Crippen molar-refractivity contribution >= 4 is 11.6 Å². The van der Waals surface area contributed by atoms with E-state index in [2.05, 4.69) is 10.5 Å². The van der Waals surface area contributed by atoms with Gasteiger partial charge in [-0.2, -0.15) is 5.10 Å². The molecule has 5 nitrogen and oxygen atoms in total. The molecule has 1 heterocycles. The van der Waals surface area contributed by atoms with E-state index >= 15 is 0 Å². The lowest BCUT2D eigenvalue weighted by Crippen LogP contribution is -2.34. The lowest BCUT2D eigenvalue weighted by molar-refractivity contribution is -0.122. The van der Waals surface area contributed by atoms with E-state index in [1.165, 1.54) is 0 Å². The van der Waals surface area contributed by atoms with Gasteiger partial charge in [-0.25, -0.2) is 5.43 Å². The zero-order valence-electron chi connectivity index (χ0n) is 10.4. The maximum absolute atomic E-state index is 11.3. The summed E-state index contributed by atoms with van der Waals surface area (Å²) >= 11 is 0. The summed E-state index contributed by atoms with van der Waals surface area (Å²) in [4.78, 5) is 11.3. The van der Waals surface area contributed by atoms with Crippen LogP contribution in [0.25, 0.3) is 0 Å². The van der Waals surface area contributed by atoms with Gasteiger partial charge in [0.1, 0.15) is 5.75 Å². The van der Waals surface area contributed by atoms with Crippen LogP contribution in [-0.4, -0.2) is 23.8 Å². The summed E-state index contributed by atoms with van der Waals surface area (Å²) in [5.41, 5.74) is 3.89. The summed E-state index contributed by atoms with van der Waals surface area (Å²) in [5, 5.41) is 14.2. The molecule has 0 aliphatic carbocycles. The second kappa shape index (κ2) is 5.18. The Labute approximate surface area is 105 Å². The van der Waals surface area contributed by atoms with Gasteiger partial charge >= 0.3 is 0 Å². The molecule has 0 spiro atoms.